The lowest BCUT2D eigenvalue weighted by Gasteiger charge is -2.19. The maximum Gasteiger partial charge on any atom is 0.128 e. The van der Waals surface area contributed by atoms with Crippen molar-refractivity contribution >= 4 is 0 Å². The molecule has 0 saturated heterocycles. The van der Waals surface area contributed by atoms with E-state index >= 15 is 0 Å². The minimum Gasteiger partial charge on any atom is -0.496 e. The SMILES string of the molecule is COc1ccc(C)c(OC)c1C1CCCC1. The summed E-state index contributed by atoms with van der Waals surface area (Å²) in [4.78, 5) is 0. The smallest absolute Gasteiger partial charge is 0.128 e. The van der Waals surface area contributed by atoms with Crippen LogP contribution in [-0.2, 0) is 0 Å². The molecule has 1 aromatic rings. The van der Waals surface area contributed by atoms with Gasteiger partial charge in [-0.3, -0.25) is 0 Å². The number of benzene rings is 1. The van der Waals surface area contributed by atoms with E-state index in [0.717, 1.165) is 11.5 Å². The molecule has 0 N–H and O–H groups in total. The van der Waals surface area contributed by atoms with Crippen LogP contribution in [0.4, 0.5) is 0 Å². The van der Waals surface area contributed by atoms with Gasteiger partial charge in [0.15, 0.2) is 0 Å². The zero-order valence-electron chi connectivity index (χ0n) is 10.4. The Bertz CT molecular complexity index is 365. The molecule has 0 aromatic heterocycles. The van der Waals surface area contributed by atoms with Crippen molar-refractivity contribution in [3.05, 3.63) is 23.3 Å². The van der Waals surface area contributed by atoms with E-state index in [1.807, 2.05) is 0 Å². The first-order valence-corrected chi connectivity index (χ1v) is 5.99. The Balaban J connectivity index is 2.48. The van der Waals surface area contributed by atoms with Gasteiger partial charge in [0.25, 0.3) is 0 Å². The minimum atomic E-state index is 0.616. The third-order valence-electron chi connectivity index (χ3n) is 3.54. The van der Waals surface area contributed by atoms with E-state index in [0.29, 0.717) is 5.92 Å². The molecule has 0 radical (unpaired) electrons. The summed E-state index contributed by atoms with van der Waals surface area (Å²) in [5.74, 6) is 2.62. The first-order valence-electron chi connectivity index (χ1n) is 5.99. The van der Waals surface area contributed by atoms with Crippen LogP contribution in [0.5, 0.6) is 11.5 Å². The van der Waals surface area contributed by atoms with Gasteiger partial charge in [-0.15, -0.1) is 0 Å². The number of methoxy groups -OCH3 is 2. The van der Waals surface area contributed by atoms with Crippen molar-refractivity contribution in [3.8, 4) is 11.5 Å². The molecule has 0 atom stereocenters. The van der Waals surface area contributed by atoms with E-state index in [1.54, 1.807) is 14.2 Å². The van der Waals surface area contributed by atoms with Crippen molar-refractivity contribution in [2.75, 3.05) is 14.2 Å². The Morgan fingerprint density at radius 2 is 1.75 bits per heavy atom. The molecule has 0 unspecified atom stereocenters. The van der Waals surface area contributed by atoms with Gasteiger partial charge in [-0.25, -0.2) is 0 Å². The molecule has 1 fully saturated rings. The van der Waals surface area contributed by atoms with Crippen LogP contribution in [0.25, 0.3) is 0 Å². The summed E-state index contributed by atoms with van der Waals surface area (Å²) in [5, 5.41) is 0. The van der Waals surface area contributed by atoms with Gasteiger partial charge in [0, 0.05) is 5.56 Å². The van der Waals surface area contributed by atoms with E-state index in [2.05, 4.69) is 19.1 Å². The summed E-state index contributed by atoms with van der Waals surface area (Å²) in [7, 11) is 3.49. The first kappa shape index (κ1) is 11.3. The molecular formula is C14H20O2. The third kappa shape index (κ3) is 1.89. The predicted octanol–water partition coefficient (Wildman–Crippen LogP) is 3.67. The zero-order chi connectivity index (χ0) is 11.5. The highest BCUT2D eigenvalue weighted by molar-refractivity contribution is 5.51. The lowest BCUT2D eigenvalue weighted by molar-refractivity contribution is 0.377. The molecule has 1 aromatic carbocycles. The van der Waals surface area contributed by atoms with Gasteiger partial charge in [-0.05, 0) is 37.3 Å². The normalized spacial score (nSPS) is 16.4. The molecule has 0 aliphatic heterocycles. The van der Waals surface area contributed by atoms with Crippen LogP contribution >= 0.6 is 0 Å². The molecule has 0 amide bonds. The topological polar surface area (TPSA) is 18.5 Å². The standard InChI is InChI=1S/C14H20O2/c1-10-8-9-12(15-2)13(14(10)16-3)11-6-4-5-7-11/h8-9,11H,4-7H2,1-3H3. The van der Waals surface area contributed by atoms with Gasteiger partial charge in [-0.1, -0.05) is 18.9 Å². The fourth-order valence-corrected chi connectivity index (χ4v) is 2.74. The Kier molecular flexibility index (Phi) is 3.37. The van der Waals surface area contributed by atoms with Gasteiger partial charge in [0.2, 0.25) is 0 Å². The van der Waals surface area contributed by atoms with E-state index < -0.39 is 0 Å². The van der Waals surface area contributed by atoms with Gasteiger partial charge in [-0.2, -0.15) is 0 Å². The van der Waals surface area contributed by atoms with Crippen LogP contribution in [-0.4, -0.2) is 14.2 Å². The number of ether oxygens (including phenoxy) is 2. The average molecular weight is 220 g/mol. The summed E-state index contributed by atoms with van der Waals surface area (Å²) >= 11 is 0. The average Bonchev–Trinajstić information content (AvgIpc) is 2.81. The molecule has 0 spiro atoms. The fraction of sp³-hybridized carbons (Fsp3) is 0.571. The quantitative estimate of drug-likeness (QED) is 0.773. The molecule has 2 nitrogen and oxygen atoms in total. The van der Waals surface area contributed by atoms with E-state index in [1.165, 1.54) is 36.8 Å². The highest BCUT2D eigenvalue weighted by Crippen LogP contribution is 2.44. The van der Waals surface area contributed by atoms with Crippen LogP contribution in [0, 0.1) is 6.92 Å². The lowest BCUT2D eigenvalue weighted by Crippen LogP contribution is -2.02. The molecule has 2 rings (SSSR count). The molecule has 1 aliphatic carbocycles. The van der Waals surface area contributed by atoms with Crippen molar-refractivity contribution in [1.29, 1.82) is 0 Å². The Morgan fingerprint density at radius 1 is 1.06 bits per heavy atom. The summed E-state index contributed by atoms with van der Waals surface area (Å²) in [5.41, 5.74) is 2.48. The highest BCUT2D eigenvalue weighted by Gasteiger charge is 2.25. The second-order valence-corrected chi connectivity index (χ2v) is 4.51. The van der Waals surface area contributed by atoms with E-state index in [4.69, 9.17) is 9.47 Å². The van der Waals surface area contributed by atoms with Crippen LogP contribution in [0.3, 0.4) is 0 Å². The van der Waals surface area contributed by atoms with Crippen molar-refractivity contribution < 1.29 is 9.47 Å². The van der Waals surface area contributed by atoms with Crippen LogP contribution < -0.4 is 9.47 Å². The Labute approximate surface area is 97.6 Å². The number of aryl methyl sites for hydroxylation is 1. The Morgan fingerprint density at radius 3 is 2.31 bits per heavy atom. The van der Waals surface area contributed by atoms with Crippen molar-refractivity contribution in [1.82, 2.24) is 0 Å². The molecular weight excluding hydrogens is 200 g/mol. The summed E-state index contributed by atoms with van der Waals surface area (Å²) in [6.07, 6.45) is 5.17. The fourth-order valence-electron chi connectivity index (χ4n) is 2.74. The lowest BCUT2D eigenvalue weighted by atomic mass is 9.93. The molecule has 0 bridgehead atoms. The molecule has 1 aliphatic rings. The molecule has 88 valence electrons. The summed E-state index contributed by atoms with van der Waals surface area (Å²) < 4.78 is 11.0. The van der Waals surface area contributed by atoms with Crippen LogP contribution in [0.15, 0.2) is 12.1 Å². The molecule has 16 heavy (non-hydrogen) atoms. The number of hydrogen-bond acceptors (Lipinski definition) is 2. The number of rotatable bonds is 3. The van der Waals surface area contributed by atoms with E-state index in [-0.39, 0.29) is 0 Å². The largest absolute Gasteiger partial charge is 0.496 e. The van der Waals surface area contributed by atoms with Crippen LogP contribution in [0.1, 0.15) is 42.7 Å². The summed E-state index contributed by atoms with van der Waals surface area (Å²) in [6, 6.07) is 4.13. The van der Waals surface area contributed by atoms with Crippen molar-refractivity contribution in [2.24, 2.45) is 0 Å². The zero-order valence-corrected chi connectivity index (χ0v) is 10.4. The van der Waals surface area contributed by atoms with Gasteiger partial charge < -0.3 is 9.47 Å². The molecule has 0 heterocycles. The van der Waals surface area contributed by atoms with Crippen LogP contribution in [0.2, 0.25) is 0 Å². The molecule has 2 heteroatoms. The maximum atomic E-state index is 5.55. The van der Waals surface area contributed by atoms with Crippen molar-refractivity contribution in [3.63, 3.8) is 0 Å². The van der Waals surface area contributed by atoms with E-state index in [9.17, 15) is 0 Å². The molecule has 1 saturated carbocycles. The van der Waals surface area contributed by atoms with Gasteiger partial charge >= 0.3 is 0 Å². The monoisotopic (exact) mass is 220 g/mol. The minimum absolute atomic E-state index is 0.616. The predicted molar refractivity (Wildman–Crippen MR) is 65.5 cm³/mol. The third-order valence-corrected chi connectivity index (χ3v) is 3.54. The number of hydrogen-bond donors (Lipinski definition) is 0. The van der Waals surface area contributed by atoms with Crippen molar-refractivity contribution in [2.45, 2.75) is 38.5 Å². The van der Waals surface area contributed by atoms with Gasteiger partial charge in [0.1, 0.15) is 11.5 Å². The maximum absolute atomic E-state index is 5.55. The second kappa shape index (κ2) is 4.77. The second-order valence-electron chi connectivity index (χ2n) is 4.51. The summed E-state index contributed by atoms with van der Waals surface area (Å²) in [6.45, 7) is 2.09. The highest BCUT2D eigenvalue weighted by atomic mass is 16.5. The Hall–Kier alpha value is -1.18. The van der Waals surface area contributed by atoms with Gasteiger partial charge in [0.05, 0.1) is 14.2 Å². The first-order chi connectivity index (χ1) is 7.77.